The molecule has 0 bridgehead atoms. The third kappa shape index (κ3) is 5.92. The molecule has 172 valence electrons. The highest BCUT2D eigenvalue weighted by Crippen LogP contribution is 2.26. The van der Waals surface area contributed by atoms with Gasteiger partial charge < -0.3 is 14.4 Å². The first-order chi connectivity index (χ1) is 15.6. The molecule has 6 nitrogen and oxygen atoms in total. The molecule has 0 amide bonds. The molecule has 0 unspecified atom stereocenters. The summed E-state index contributed by atoms with van der Waals surface area (Å²) < 4.78 is 12.7. The van der Waals surface area contributed by atoms with Crippen LogP contribution in [0.15, 0.2) is 72.8 Å². The summed E-state index contributed by atoms with van der Waals surface area (Å²) in [7, 11) is 7.47. The normalized spacial score (nSPS) is 10.7. The Morgan fingerprint density at radius 3 is 2.18 bits per heavy atom. The minimum Gasteiger partial charge on any atom is -0.497 e. The van der Waals surface area contributed by atoms with E-state index in [2.05, 4.69) is 49.3 Å². The minimum atomic E-state index is 0. The van der Waals surface area contributed by atoms with E-state index in [0.717, 1.165) is 40.6 Å². The molecule has 0 fully saturated rings. The molecule has 0 saturated heterocycles. The van der Waals surface area contributed by atoms with Crippen molar-refractivity contribution in [2.75, 3.05) is 28.3 Å². The minimum absolute atomic E-state index is 0. The van der Waals surface area contributed by atoms with Crippen molar-refractivity contribution >= 4 is 12.4 Å². The Kier molecular flexibility index (Phi) is 8.09. The van der Waals surface area contributed by atoms with E-state index in [9.17, 15) is 0 Å². The van der Waals surface area contributed by atoms with Crippen molar-refractivity contribution in [1.82, 2.24) is 19.7 Å². The Morgan fingerprint density at radius 1 is 0.788 bits per heavy atom. The van der Waals surface area contributed by atoms with Crippen molar-refractivity contribution in [3.63, 3.8) is 0 Å². The molecule has 4 aromatic rings. The second-order valence-corrected chi connectivity index (χ2v) is 7.93. The number of methoxy groups -OCH3 is 2. The molecule has 4 rings (SSSR count). The summed E-state index contributed by atoms with van der Waals surface area (Å²) in [6, 6.07) is 24.3. The lowest BCUT2D eigenvalue weighted by Gasteiger charge is -2.09. The zero-order chi connectivity index (χ0) is 22.5. The highest BCUT2D eigenvalue weighted by atomic mass is 35.5. The van der Waals surface area contributed by atoms with Gasteiger partial charge in [0, 0.05) is 17.7 Å². The fourth-order valence-corrected chi connectivity index (χ4v) is 3.65. The number of hydrogen-bond acceptors (Lipinski definition) is 5. The molecular formula is C26H29ClN4O2. The number of hydrogen-bond donors (Lipinski definition) is 0. The molecule has 33 heavy (non-hydrogen) atoms. The highest BCUT2D eigenvalue weighted by molar-refractivity contribution is 5.85. The van der Waals surface area contributed by atoms with Crippen LogP contribution in [-0.4, -0.2) is 48.0 Å². The number of aromatic nitrogens is 3. The van der Waals surface area contributed by atoms with Crippen LogP contribution >= 0.6 is 12.4 Å². The Hall–Kier alpha value is -3.35. The first kappa shape index (κ1) is 24.3. The highest BCUT2D eigenvalue weighted by Gasteiger charge is 2.15. The standard InChI is InChI=1S/C26H28N4O2.ClH/c1-29(2)17-19-7-5-9-22(15-19)25-27-26(21-11-13-23(31-3)14-12-21)30(28-25)18-20-8-6-10-24(16-20)32-4;/h5-16H,17-18H2,1-4H3;1H. The van der Waals surface area contributed by atoms with Crippen molar-refractivity contribution in [2.45, 2.75) is 13.1 Å². The molecule has 0 atom stereocenters. The number of halogens is 1. The molecule has 0 aliphatic heterocycles. The molecule has 0 N–H and O–H groups in total. The van der Waals surface area contributed by atoms with Gasteiger partial charge in [-0.15, -0.1) is 12.4 Å². The van der Waals surface area contributed by atoms with Gasteiger partial charge >= 0.3 is 0 Å². The van der Waals surface area contributed by atoms with Crippen molar-refractivity contribution < 1.29 is 9.47 Å². The number of rotatable bonds is 8. The first-order valence-corrected chi connectivity index (χ1v) is 10.5. The second kappa shape index (κ2) is 11.0. The van der Waals surface area contributed by atoms with Gasteiger partial charge in [0.2, 0.25) is 0 Å². The van der Waals surface area contributed by atoms with Gasteiger partial charge in [-0.05, 0) is 67.7 Å². The summed E-state index contributed by atoms with van der Waals surface area (Å²) in [6.45, 7) is 1.45. The fourth-order valence-electron chi connectivity index (χ4n) is 3.65. The molecule has 1 heterocycles. The zero-order valence-corrected chi connectivity index (χ0v) is 20.2. The Labute approximate surface area is 201 Å². The first-order valence-electron chi connectivity index (χ1n) is 10.5. The predicted molar refractivity (Wildman–Crippen MR) is 134 cm³/mol. The van der Waals surface area contributed by atoms with Gasteiger partial charge in [0.05, 0.1) is 20.8 Å². The van der Waals surface area contributed by atoms with Gasteiger partial charge in [-0.1, -0.05) is 30.3 Å². The van der Waals surface area contributed by atoms with E-state index in [4.69, 9.17) is 19.6 Å². The Morgan fingerprint density at radius 2 is 1.48 bits per heavy atom. The Balaban J connectivity index is 0.00000306. The van der Waals surface area contributed by atoms with E-state index in [-0.39, 0.29) is 12.4 Å². The molecule has 7 heteroatoms. The number of ether oxygens (including phenoxy) is 2. The van der Waals surface area contributed by atoms with Crippen LogP contribution in [0.3, 0.4) is 0 Å². The largest absolute Gasteiger partial charge is 0.497 e. The van der Waals surface area contributed by atoms with Crippen LogP contribution < -0.4 is 9.47 Å². The van der Waals surface area contributed by atoms with Gasteiger partial charge in [-0.3, -0.25) is 0 Å². The zero-order valence-electron chi connectivity index (χ0n) is 19.4. The molecule has 0 aliphatic rings. The lowest BCUT2D eigenvalue weighted by atomic mass is 10.1. The molecular weight excluding hydrogens is 436 g/mol. The predicted octanol–water partition coefficient (Wildman–Crippen LogP) is 5.16. The van der Waals surface area contributed by atoms with E-state index in [1.165, 1.54) is 5.56 Å². The van der Waals surface area contributed by atoms with Crippen LogP contribution in [0.25, 0.3) is 22.8 Å². The molecule has 0 radical (unpaired) electrons. The average Bonchev–Trinajstić information content (AvgIpc) is 3.22. The quantitative estimate of drug-likeness (QED) is 0.360. The monoisotopic (exact) mass is 464 g/mol. The topological polar surface area (TPSA) is 52.4 Å². The molecule has 0 spiro atoms. The van der Waals surface area contributed by atoms with Crippen LogP contribution in [0.2, 0.25) is 0 Å². The van der Waals surface area contributed by atoms with Crippen LogP contribution in [0, 0.1) is 0 Å². The van der Waals surface area contributed by atoms with Crippen LogP contribution in [0.1, 0.15) is 11.1 Å². The van der Waals surface area contributed by atoms with E-state index < -0.39 is 0 Å². The molecule has 3 aromatic carbocycles. The van der Waals surface area contributed by atoms with Gasteiger partial charge in [-0.2, -0.15) is 5.10 Å². The van der Waals surface area contributed by atoms with Gasteiger partial charge in [-0.25, -0.2) is 9.67 Å². The van der Waals surface area contributed by atoms with Gasteiger partial charge in [0.15, 0.2) is 11.6 Å². The summed E-state index contributed by atoms with van der Waals surface area (Å²) >= 11 is 0. The van der Waals surface area contributed by atoms with Crippen molar-refractivity contribution in [3.05, 3.63) is 83.9 Å². The summed E-state index contributed by atoms with van der Waals surface area (Å²) in [4.78, 5) is 7.08. The summed E-state index contributed by atoms with van der Waals surface area (Å²) in [5.41, 5.74) is 4.31. The van der Waals surface area contributed by atoms with Crippen molar-refractivity contribution in [3.8, 4) is 34.3 Å². The maximum Gasteiger partial charge on any atom is 0.181 e. The maximum absolute atomic E-state index is 5.39. The van der Waals surface area contributed by atoms with E-state index in [1.54, 1.807) is 14.2 Å². The van der Waals surface area contributed by atoms with Crippen molar-refractivity contribution in [1.29, 1.82) is 0 Å². The maximum atomic E-state index is 5.39. The lowest BCUT2D eigenvalue weighted by molar-refractivity contribution is 0.402. The van der Waals surface area contributed by atoms with Crippen LogP contribution in [-0.2, 0) is 13.1 Å². The number of nitrogens with zero attached hydrogens (tertiary/aromatic N) is 4. The van der Waals surface area contributed by atoms with Gasteiger partial charge in [0.25, 0.3) is 0 Å². The summed E-state index contributed by atoms with van der Waals surface area (Å²) in [5, 5.41) is 4.89. The van der Waals surface area contributed by atoms with E-state index in [1.807, 2.05) is 47.1 Å². The fraction of sp³-hybridized carbons (Fsp3) is 0.231. The third-order valence-electron chi connectivity index (χ3n) is 5.17. The van der Waals surface area contributed by atoms with Crippen LogP contribution in [0.4, 0.5) is 0 Å². The van der Waals surface area contributed by atoms with Gasteiger partial charge in [0.1, 0.15) is 11.5 Å². The molecule has 1 aromatic heterocycles. The summed E-state index contributed by atoms with van der Waals surface area (Å²) in [6.07, 6.45) is 0. The summed E-state index contributed by atoms with van der Waals surface area (Å²) in [5.74, 6) is 3.15. The Bertz CT molecular complexity index is 1190. The molecule has 0 aliphatic carbocycles. The van der Waals surface area contributed by atoms with E-state index in [0.29, 0.717) is 12.4 Å². The second-order valence-electron chi connectivity index (χ2n) is 7.93. The average molecular weight is 465 g/mol. The lowest BCUT2D eigenvalue weighted by Crippen LogP contribution is -2.10. The van der Waals surface area contributed by atoms with Crippen molar-refractivity contribution in [2.24, 2.45) is 0 Å². The molecule has 0 saturated carbocycles. The van der Waals surface area contributed by atoms with E-state index >= 15 is 0 Å². The number of benzene rings is 3. The SMILES string of the molecule is COc1ccc(-c2nc(-c3cccc(CN(C)C)c3)nn2Cc2cccc(OC)c2)cc1.Cl. The third-order valence-corrected chi connectivity index (χ3v) is 5.17. The van der Waals surface area contributed by atoms with Crippen LogP contribution in [0.5, 0.6) is 11.5 Å². The smallest absolute Gasteiger partial charge is 0.181 e.